The van der Waals surface area contributed by atoms with Crippen LogP contribution in [-0.2, 0) is 0 Å². The minimum absolute atomic E-state index is 0.579. The summed E-state index contributed by atoms with van der Waals surface area (Å²) in [6.45, 7) is 0. The third-order valence-corrected chi connectivity index (χ3v) is 10.7. The van der Waals surface area contributed by atoms with E-state index in [-0.39, 0.29) is 0 Å². The second kappa shape index (κ2) is 13.0. The Kier molecular flexibility index (Phi) is 7.42. The maximum absolute atomic E-state index is 7.21. The number of furan rings is 1. The van der Waals surface area contributed by atoms with Crippen molar-refractivity contribution in [2.24, 2.45) is 0 Å². The molecule has 0 saturated carbocycles. The fourth-order valence-corrected chi connectivity index (χ4v) is 8.07. The van der Waals surface area contributed by atoms with Crippen LogP contribution in [0.4, 0.5) is 0 Å². The molecule has 0 aliphatic heterocycles. The predicted molar refractivity (Wildman–Crippen MR) is 229 cm³/mol. The number of hydrogen-bond acceptors (Lipinski definition) is 4. The largest absolute Gasteiger partial charge is 0.453 e. The van der Waals surface area contributed by atoms with Gasteiger partial charge in [0.1, 0.15) is 5.58 Å². The van der Waals surface area contributed by atoms with Gasteiger partial charge in [-0.1, -0.05) is 164 Å². The van der Waals surface area contributed by atoms with Gasteiger partial charge in [0.2, 0.25) is 0 Å². The molecular formula is C51H32N4O. The van der Waals surface area contributed by atoms with Crippen LogP contribution >= 0.6 is 0 Å². The maximum Gasteiger partial charge on any atom is 0.164 e. The zero-order valence-corrected chi connectivity index (χ0v) is 30.2. The normalized spacial score (nSPS) is 11.6. The van der Waals surface area contributed by atoms with Gasteiger partial charge in [0.15, 0.2) is 23.1 Å². The van der Waals surface area contributed by atoms with Gasteiger partial charge < -0.3 is 8.98 Å². The summed E-state index contributed by atoms with van der Waals surface area (Å²) in [7, 11) is 0. The highest BCUT2D eigenvalue weighted by molar-refractivity contribution is 6.16. The maximum atomic E-state index is 7.21. The molecule has 56 heavy (non-hydrogen) atoms. The van der Waals surface area contributed by atoms with E-state index in [2.05, 4.69) is 132 Å². The van der Waals surface area contributed by atoms with Crippen molar-refractivity contribution in [3.63, 3.8) is 0 Å². The molecular weight excluding hydrogens is 685 g/mol. The number of nitrogens with zero attached hydrogens (tertiary/aromatic N) is 4. The summed E-state index contributed by atoms with van der Waals surface area (Å²) in [4.78, 5) is 15.2. The number of aromatic nitrogens is 4. The first-order chi connectivity index (χ1) is 27.8. The summed E-state index contributed by atoms with van der Waals surface area (Å²) < 4.78 is 9.56. The Bertz CT molecular complexity index is 3170. The first kappa shape index (κ1) is 31.9. The van der Waals surface area contributed by atoms with Gasteiger partial charge in [-0.2, -0.15) is 0 Å². The topological polar surface area (TPSA) is 56.7 Å². The average molecular weight is 717 g/mol. The van der Waals surface area contributed by atoms with E-state index in [1.165, 1.54) is 16.3 Å². The van der Waals surface area contributed by atoms with E-state index < -0.39 is 0 Å². The smallest absolute Gasteiger partial charge is 0.164 e. The number of para-hydroxylation sites is 2. The highest BCUT2D eigenvalue weighted by atomic mass is 16.3. The van der Waals surface area contributed by atoms with Crippen molar-refractivity contribution in [1.29, 1.82) is 0 Å². The number of rotatable bonds is 6. The van der Waals surface area contributed by atoms with Crippen molar-refractivity contribution in [2.45, 2.75) is 0 Å². The molecule has 0 saturated heterocycles. The van der Waals surface area contributed by atoms with Crippen molar-refractivity contribution in [1.82, 2.24) is 19.5 Å². The minimum Gasteiger partial charge on any atom is -0.453 e. The number of benzene rings is 8. The lowest BCUT2D eigenvalue weighted by molar-refractivity contribution is 0.667. The van der Waals surface area contributed by atoms with E-state index in [0.29, 0.717) is 17.5 Å². The molecule has 11 aromatic rings. The second-order valence-corrected chi connectivity index (χ2v) is 14.0. The summed E-state index contributed by atoms with van der Waals surface area (Å²) >= 11 is 0. The van der Waals surface area contributed by atoms with Crippen LogP contribution in [0, 0.1) is 0 Å². The van der Waals surface area contributed by atoms with Crippen LogP contribution in [-0.4, -0.2) is 19.5 Å². The fraction of sp³-hybridized carbons (Fsp3) is 0. The van der Waals surface area contributed by atoms with E-state index in [1.807, 2.05) is 66.7 Å². The Hall–Kier alpha value is -7.63. The lowest BCUT2D eigenvalue weighted by Gasteiger charge is -2.12. The van der Waals surface area contributed by atoms with Crippen LogP contribution in [0.2, 0.25) is 0 Å². The molecule has 262 valence electrons. The zero-order chi connectivity index (χ0) is 37.0. The van der Waals surface area contributed by atoms with Gasteiger partial charge in [-0.05, 0) is 47.0 Å². The van der Waals surface area contributed by atoms with Crippen LogP contribution < -0.4 is 0 Å². The van der Waals surface area contributed by atoms with Gasteiger partial charge in [-0.15, -0.1) is 0 Å². The minimum atomic E-state index is 0.579. The van der Waals surface area contributed by atoms with Gasteiger partial charge in [-0.3, -0.25) is 0 Å². The summed E-state index contributed by atoms with van der Waals surface area (Å²) in [5.74, 6) is 1.80. The van der Waals surface area contributed by atoms with Crippen LogP contribution in [0.15, 0.2) is 199 Å². The summed E-state index contributed by atoms with van der Waals surface area (Å²) in [6.07, 6.45) is 0. The van der Waals surface area contributed by atoms with Crippen LogP contribution in [0.3, 0.4) is 0 Å². The van der Waals surface area contributed by atoms with Gasteiger partial charge in [0.25, 0.3) is 0 Å². The molecule has 0 fully saturated rings. The highest BCUT2D eigenvalue weighted by Crippen LogP contribution is 2.44. The number of hydrogen-bond donors (Lipinski definition) is 0. The lowest BCUT2D eigenvalue weighted by atomic mass is 9.96. The van der Waals surface area contributed by atoms with Crippen LogP contribution in [0.5, 0.6) is 0 Å². The molecule has 3 heterocycles. The van der Waals surface area contributed by atoms with Crippen LogP contribution in [0.1, 0.15) is 0 Å². The molecule has 0 atom stereocenters. The van der Waals surface area contributed by atoms with Crippen molar-refractivity contribution < 1.29 is 4.42 Å². The quantitative estimate of drug-likeness (QED) is 0.172. The molecule has 0 unspecified atom stereocenters. The highest BCUT2D eigenvalue weighted by Gasteiger charge is 2.23. The molecule has 0 aliphatic carbocycles. The summed E-state index contributed by atoms with van der Waals surface area (Å²) in [6, 6.07) is 67.3. The van der Waals surface area contributed by atoms with E-state index in [0.717, 1.165) is 72.0 Å². The Balaban J connectivity index is 1.19. The second-order valence-electron chi connectivity index (χ2n) is 14.0. The molecule has 0 N–H and O–H groups in total. The first-order valence-corrected chi connectivity index (χ1v) is 18.8. The molecule has 5 nitrogen and oxygen atoms in total. The SMILES string of the molecule is c1ccc(-c2ccc3c4ccccc4n(-c4cccc5c4oc4c(-c6ccccc6)c(-c6nc(-c7ccccc7)nc(-c7ccccc7)n6)ccc45)c3c2)cc1. The Labute approximate surface area is 322 Å². The molecule has 11 rings (SSSR count). The zero-order valence-electron chi connectivity index (χ0n) is 30.2. The Morgan fingerprint density at radius 2 is 0.857 bits per heavy atom. The molecule has 8 aromatic carbocycles. The monoisotopic (exact) mass is 716 g/mol. The van der Waals surface area contributed by atoms with Crippen molar-refractivity contribution >= 4 is 43.7 Å². The Morgan fingerprint density at radius 3 is 1.54 bits per heavy atom. The molecule has 3 aromatic heterocycles. The van der Waals surface area contributed by atoms with Gasteiger partial charge in [-0.25, -0.2) is 15.0 Å². The molecule has 5 heteroatoms. The molecule has 0 aliphatic rings. The van der Waals surface area contributed by atoms with E-state index >= 15 is 0 Å². The van der Waals surface area contributed by atoms with Crippen molar-refractivity contribution in [2.75, 3.05) is 0 Å². The molecule has 0 spiro atoms. The van der Waals surface area contributed by atoms with E-state index in [9.17, 15) is 0 Å². The van der Waals surface area contributed by atoms with Crippen LogP contribution in [0.25, 0.3) is 106 Å². The predicted octanol–water partition coefficient (Wildman–Crippen LogP) is 13.2. The van der Waals surface area contributed by atoms with Gasteiger partial charge >= 0.3 is 0 Å². The third-order valence-electron chi connectivity index (χ3n) is 10.7. The average Bonchev–Trinajstić information content (AvgIpc) is 3.83. The number of fused-ring (bicyclic) bond motifs is 6. The standard InChI is InChI=1S/C51H32N4O/c1-5-16-33(17-6-1)37-28-29-39-38-24-13-14-26-43(38)55(45(39)32-37)44-27-15-25-40-41-30-31-42(46(48(41)56-47(40)44)34-18-7-2-8-19-34)51-53-49(35-20-9-3-10-21-35)52-50(54-51)36-22-11-4-12-23-36/h1-32H. The van der Waals surface area contributed by atoms with Crippen molar-refractivity contribution in [3.05, 3.63) is 194 Å². The summed E-state index contributed by atoms with van der Waals surface area (Å²) in [5.41, 5.74) is 11.8. The Morgan fingerprint density at radius 1 is 0.339 bits per heavy atom. The first-order valence-electron chi connectivity index (χ1n) is 18.8. The summed E-state index contributed by atoms with van der Waals surface area (Å²) in [5, 5.41) is 4.45. The van der Waals surface area contributed by atoms with E-state index in [4.69, 9.17) is 19.4 Å². The molecule has 0 amide bonds. The molecule has 0 radical (unpaired) electrons. The third kappa shape index (κ3) is 5.21. The lowest BCUT2D eigenvalue weighted by Crippen LogP contribution is -2.01. The fourth-order valence-electron chi connectivity index (χ4n) is 8.07. The molecule has 0 bridgehead atoms. The van der Waals surface area contributed by atoms with Gasteiger partial charge in [0.05, 0.1) is 16.7 Å². The van der Waals surface area contributed by atoms with Crippen molar-refractivity contribution in [3.8, 4) is 62.1 Å². The van der Waals surface area contributed by atoms with E-state index in [1.54, 1.807) is 0 Å². The van der Waals surface area contributed by atoms with Gasteiger partial charge in [0, 0.05) is 43.8 Å².